The first-order chi connectivity index (χ1) is 18.5. The molecular formula is C29H31N5O3S. The third kappa shape index (κ3) is 4.72. The number of pyridine rings is 1. The summed E-state index contributed by atoms with van der Waals surface area (Å²) in [5.74, 6) is 1.41. The van der Waals surface area contributed by atoms with Crippen molar-refractivity contribution >= 4 is 35.1 Å². The number of likely N-dealkylation sites (tertiary alicyclic amines) is 1. The first-order valence-corrected chi connectivity index (χ1v) is 13.9. The highest BCUT2D eigenvalue weighted by molar-refractivity contribution is 8.01. The minimum atomic E-state index is -0.450. The van der Waals surface area contributed by atoms with Crippen LogP contribution in [0.15, 0.2) is 65.8 Å². The van der Waals surface area contributed by atoms with E-state index in [2.05, 4.69) is 27.6 Å². The summed E-state index contributed by atoms with van der Waals surface area (Å²) in [5.41, 5.74) is 3.33. The lowest BCUT2D eigenvalue weighted by atomic mass is 9.99. The first-order valence-electron chi connectivity index (χ1n) is 13.1. The summed E-state index contributed by atoms with van der Waals surface area (Å²) < 4.78 is 5.98. The summed E-state index contributed by atoms with van der Waals surface area (Å²) in [4.78, 5) is 35.5. The molecule has 0 saturated carbocycles. The van der Waals surface area contributed by atoms with Crippen LogP contribution in [0.1, 0.15) is 36.4 Å². The molecule has 6 rings (SSSR count). The van der Waals surface area contributed by atoms with Gasteiger partial charge in [-0.05, 0) is 88.3 Å². The van der Waals surface area contributed by atoms with Crippen molar-refractivity contribution in [2.24, 2.45) is 0 Å². The Morgan fingerprint density at radius 1 is 1.08 bits per heavy atom. The quantitative estimate of drug-likeness (QED) is 0.475. The molecule has 1 fully saturated rings. The maximum absolute atomic E-state index is 13.5. The summed E-state index contributed by atoms with van der Waals surface area (Å²) in [5, 5.41) is 6.72. The van der Waals surface area contributed by atoms with Gasteiger partial charge < -0.3 is 20.3 Å². The highest BCUT2D eigenvalue weighted by Gasteiger charge is 2.47. The van der Waals surface area contributed by atoms with E-state index in [1.54, 1.807) is 11.1 Å². The fourth-order valence-corrected chi connectivity index (χ4v) is 6.73. The van der Waals surface area contributed by atoms with Crippen LogP contribution < -0.4 is 20.3 Å². The molecule has 196 valence electrons. The standard InChI is InChI=1S/C29H31N5O3S/c1-18-17-21(37-20-8-4-3-5-9-20)10-11-22(18)34-23-12-14-30-28-24(23)25(32-29(34)36)26(38-28)27(35)31-19-7-6-15-33(2)16-13-19/h3-5,8-12,14,17,19,25-26H,6-7,13,15-16H2,1-2H3,(H,31,35)(H,32,36). The maximum Gasteiger partial charge on any atom is 0.327 e. The average molecular weight is 530 g/mol. The second-order valence-corrected chi connectivity index (χ2v) is 11.3. The van der Waals surface area contributed by atoms with Crippen molar-refractivity contribution in [3.63, 3.8) is 0 Å². The number of benzene rings is 2. The molecule has 2 aromatic carbocycles. The topological polar surface area (TPSA) is 86.8 Å². The molecule has 0 spiro atoms. The Labute approximate surface area is 226 Å². The van der Waals surface area contributed by atoms with Crippen molar-refractivity contribution < 1.29 is 14.3 Å². The number of hydrogen-bond acceptors (Lipinski definition) is 6. The molecule has 38 heavy (non-hydrogen) atoms. The van der Waals surface area contributed by atoms with E-state index in [0.717, 1.165) is 65.6 Å². The van der Waals surface area contributed by atoms with Crippen LogP contribution in [0.3, 0.4) is 0 Å². The second-order valence-electron chi connectivity index (χ2n) is 10.2. The lowest BCUT2D eigenvalue weighted by Gasteiger charge is -2.35. The molecule has 0 aliphatic carbocycles. The van der Waals surface area contributed by atoms with Crippen LogP contribution in [-0.2, 0) is 4.79 Å². The van der Waals surface area contributed by atoms with Crippen molar-refractivity contribution in [2.45, 2.75) is 48.5 Å². The average Bonchev–Trinajstić information content (AvgIpc) is 3.15. The monoisotopic (exact) mass is 529 g/mol. The van der Waals surface area contributed by atoms with Gasteiger partial charge in [0.15, 0.2) is 0 Å². The molecular weight excluding hydrogens is 498 g/mol. The third-order valence-corrected chi connectivity index (χ3v) is 8.74. The van der Waals surface area contributed by atoms with Gasteiger partial charge in [-0.3, -0.25) is 9.69 Å². The number of urea groups is 1. The summed E-state index contributed by atoms with van der Waals surface area (Å²) in [7, 11) is 2.12. The molecule has 8 nitrogen and oxygen atoms in total. The number of carbonyl (C=O) groups is 2. The number of aryl methyl sites for hydroxylation is 1. The van der Waals surface area contributed by atoms with Crippen LogP contribution in [-0.4, -0.2) is 53.3 Å². The molecule has 3 atom stereocenters. The predicted molar refractivity (Wildman–Crippen MR) is 148 cm³/mol. The van der Waals surface area contributed by atoms with Crippen molar-refractivity contribution in [2.75, 3.05) is 25.0 Å². The van der Waals surface area contributed by atoms with Crippen molar-refractivity contribution in [3.05, 3.63) is 71.9 Å². The molecule has 3 amide bonds. The Hall–Kier alpha value is -3.56. The highest BCUT2D eigenvalue weighted by Crippen LogP contribution is 2.51. The van der Waals surface area contributed by atoms with Gasteiger partial charge in [-0.25, -0.2) is 9.78 Å². The van der Waals surface area contributed by atoms with Gasteiger partial charge in [0.1, 0.15) is 21.8 Å². The van der Waals surface area contributed by atoms with Gasteiger partial charge in [-0.1, -0.05) is 30.0 Å². The number of anilines is 2. The zero-order valence-corrected chi connectivity index (χ0v) is 22.3. The first kappa shape index (κ1) is 24.8. The Kier molecular flexibility index (Phi) is 6.71. The summed E-state index contributed by atoms with van der Waals surface area (Å²) >= 11 is 1.44. The van der Waals surface area contributed by atoms with Crippen LogP contribution in [0.5, 0.6) is 11.5 Å². The maximum atomic E-state index is 13.5. The normalized spacial score (nSPS) is 22.8. The molecule has 4 heterocycles. The fraction of sp³-hybridized carbons (Fsp3) is 0.345. The summed E-state index contributed by atoms with van der Waals surface area (Å²) in [6.45, 7) is 3.98. The van der Waals surface area contributed by atoms with E-state index in [9.17, 15) is 9.59 Å². The number of thioether (sulfide) groups is 1. The van der Waals surface area contributed by atoms with Crippen LogP contribution in [0, 0.1) is 6.92 Å². The number of carbonyl (C=O) groups excluding carboxylic acids is 2. The van der Waals surface area contributed by atoms with Crippen molar-refractivity contribution in [1.82, 2.24) is 20.5 Å². The Balaban J connectivity index is 1.25. The van der Waals surface area contributed by atoms with E-state index in [-0.39, 0.29) is 18.0 Å². The van der Waals surface area contributed by atoms with E-state index in [4.69, 9.17) is 4.74 Å². The lowest BCUT2D eigenvalue weighted by molar-refractivity contribution is -0.121. The second kappa shape index (κ2) is 10.3. The number of para-hydroxylation sites is 1. The van der Waals surface area contributed by atoms with E-state index in [1.165, 1.54) is 11.8 Å². The van der Waals surface area contributed by atoms with Gasteiger partial charge in [0.2, 0.25) is 5.91 Å². The van der Waals surface area contributed by atoms with Gasteiger partial charge in [-0.15, -0.1) is 0 Å². The highest BCUT2D eigenvalue weighted by atomic mass is 32.2. The number of rotatable bonds is 5. The molecule has 1 saturated heterocycles. The van der Waals surface area contributed by atoms with Crippen LogP contribution in [0.4, 0.5) is 16.2 Å². The summed E-state index contributed by atoms with van der Waals surface area (Å²) in [6, 6.07) is 16.6. The molecule has 0 radical (unpaired) electrons. The smallest absolute Gasteiger partial charge is 0.327 e. The summed E-state index contributed by atoms with van der Waals surface area (Å²) in [6.07, 6.45) is 4.68. The van der Waals surface area contributed by atoms with E-state index in [1.807, 2.05) is 61.5 Å². The van der Waals surface area contributed by atoms with Gasteiger partial charge in [0, 0.05) is 17.8 Å². The fourth-order valence-electron chi connectivity index (χ4n) is 5.50. The Morgan fingerprint density at radius 2 is 1.92 bits per heavy atom. The van der Waals surface area contributed by atoms with Crippen LogP contribution >= 0.6 is 11.8 Å². The molecule has 1 aromatic heterocycles. The number of aromatic nitrogens is 1. The van der Waals surface area contributed by atoms with Crippen molar-refractivity contribution in [1.29, 1.82) is 0 Å². The number of nitrogens with one attached hydrogen (secondary N) is 2. The zero-order chi connectivity index (χ0) is 26.2. The molecule has 3 aromatic rings. The Morgan fingerprint density at radius 3 is 2.74 bits per heavy atom. The van der Waals surface area contributed by atoms with E-state index in [0.29, 0.717) is 5.75 Å². The predicted octanol–water partition coefficient (Wildman–Crippen LogP) is 5.16. The zero-order valence-electron chi connectivity index (χ0n) is 21.5. The molecule has 9 heteroatoms. The minimum Gasteiger partial charge on any atom is -0.457 e. The van der Waals surface area contributed by atoms with Gasteiger partial charge >= 0.3 is 6.03 Å². The minimum absolute atomic E-state index is 0.0363. The van der Waals surface area contributed by atoms with Gasteiger partial charge in [-0.2, -0.15) is 0 Å². The van der Waals surface area contributed by atoms with Gasteiger partial charge in [0.25, 0.3) is 0 Å². The third-order valence-electron chi connectivity index (χ3n) is 7.45. The number of ether oxygens (including phenoxy) is 1. The number of amides is 3. The molecule has 3 aliphatic rings. The SMILES string of the molecule is Cc1cc(Oc2ccccc2)ccc1N1C(=O)NC2c3c1ccnc3SC2C(=O)NC1CCCN(C)CC1. The molecule has 2 N–H and O–H groups in total. The largest absolute Gasteiger partial charge is 0.457 e. The van der Waals surface area contributed by atoms with E-state index < -0.39 is 11.3 Å². The number of nitrogens with zero attached hydrogens (tertiary/aromatic N) is 3. The molecule has 3 aliphatic heterocycles. The molecule has 3 unspecified atom stereocenters. The van der Waals surface area contributed by atoms with E-state index >= 15 is 0 Å². The lowest BCUT2D eigenvalue weighted by Crippen LogP contribution is -2.50. The van der Waals surface area contributed by atoms with Crippen molar-refractivity contribution in [3.8, 4) is 11.5 Å². The van der Waals surface area contributed by atoms with Crippen LogP contribution in [0.25, 0.3) is 0 Å². The van der Waals surface area contributed by atoms with Crippen LogP contribution in [0.2, 0.25) is 0 Å². The number of hydrogen-bond donors (Lipinski definition) is 2. The van der Waals surface area contributed by atoms with Gasteiger partial charge in [0.05, 0.1) is 17.4 Å². The Bertz CT molecular complexity index is 1370. The molecule has 0 bridgehead atoms.